The van der Waals surface area contributed by atoms with E-state index in [9.17, 15) is 0 Å². The topological polar surface area (TPSA) is 0 Å². The minimum Gasteiger partial charge on any atom is -0.111 e. The molecule has 110 valence electrons. The fourth-order valence-corrected chi connectivity index (χ4v) is 27.4. The average Bonchev–Trinajstić information content (AvgIpc) is 2.25. The molecule has 0 aromatic carbocycles. The van der Waals surface area contributed by atoms with Crippen LogP contribution in [0.5, 0.6) is 0 Å². The van der Waals surface area contributed by atoms with Crippen molar-refractivity contribution in [2.24, 2.45) is 0 Å². The Labute approximate surface area is 173 Å². The van der Waals surface area contributed by atoms with Crippen molar-refractivity contribution in [3.63, 3.8) is 0 Å². The number of hydrogen-bond acceptors (Lipinski definition) is 6. The molecule has 0 radical (unpaired) electrons. The van der Waals surface area contributed by atoms with E-state index < -0.39 is 0 Å². The Balaban J connectivity index is 1.72. The highest BCUT2D eigenvalue weighted by Gasteiger charge is 2.63. The molecule has 4 heterocycles. The van der Waals surface area contributed by atoms with Crippen LogP contribution in [0.4, 0.5) is 0 Å². The largest absolute Gasteiger partial charge is 0.168 e. The second-order valence-corrected chi connectivity index (χ2v) is 21.5. The highest BCUT2D eigenvalue weighted by atomic mass is 79.9. The first-order valence-electron chi connectivity index (χ1n) is 5.55. The molecule has 0 saturated carbocycles. The number of alkyl halides is 4. The Morgan fingerprint density at radius 2 is 1.68 bits per heavy atom. The van der Waals surface area contributed by atoms with E-state index in [1.165, 1.54) is 12.8 Å². The third-order valence-electron chi connectivity index (χ3n) is 2.75. The lowest BCUT2D eigenvalue weighted by Gasteiger charge is -2.58. The maximum absolute atomic E-state index is 4.00. The van der Waals surface area contributed by atoms with Crippen LogP contribution in [0.25, 0.3) is 0 Å². The summed E-state index contributed by atoms with van der Waals surface area (Å²) >= 11 is 28.0. The summed E-state index contributed by atoms with van der Waals surface area (Å²) in [6, 6.07) is 0. The molecule has 4 atom stereocenters. The van der Waals surface area contributed by atoms with Crippen molar-refractivity contribution in [2.45, 2.75) is 36.1 Å². The van der Waals surface area contributed by atoms with Gasteiger partial charge in [-0.3, -0.25) is 0 Å². The Morgan fingerprint density at radius 1 is 1.05 bits per heavy atom. The smallest absolute Gasteiger partial charge is 0.111 e. The van der Waals surface area contributed by atoms with Gasteiger partial charge in [0.1, 0.15) is 11.2 Å². The van der Waals surface area contributed by atoms with Crippen LogP contribution in [0.15, 0.2) is 0 Å². The monoisotopic (exact) mass is 626 g/mol. The zero-order valence-corrected chi connectivity index (χ0v) is 20.6. The Hall–Kier alpha value is 4.02. The highest BCUT2D eigenvalue weighted by molar-refractivity contribution is 9.17. The van der Waals surface area contributed by atoms with Gasteiger partial charge in [0.25, 0.3) is 0 Å². The Morgan fingerprint density at radius 3 is 2.21 bits per heavy atom. The molecular weight excluding hydrogens is 620 g/mol. The van der Waals surface area contributed by atoms with Crippen LogP contribution in [-0.4, -0.2) is 28.5 Å². The van der Waals surface area contributed by atoms with Crippen LogP contribution >= 0.6 is 134 Å². The van der Waals surface area contributed by atoms with E-state index in [2.05, 4.69) is 134 Å². The van der Waals surface area contributed by atoms with Gasteiger partial charge in [0.15, 0.2) is 2.32 Å². The molecule has 4 aliphatic heterocycles. The zero-order chi connectivity index (χ0) is 13.7. The van der Waals surface area contributed by atoms with Crippen molar-refractivity contribution < 1.29 is 0 Å². The molecule has 19 heavy (non-hydrogen) atoms. The molecular formula is C9H10Br4S6. The van der Waals surface area contributed by atoms with E-state index >= 15 is 0 Å². The molecule has 4 fully saturated rings. The van der Waals surface area contributed by atoms with Gasteiger partial charge in [0.2, 0.25) is 0 Å². The van der Waals surface area contributed by atoms with E-state index in [0.717, 1.165) is 5.33 Å². The van der Waals surface area contributed by atoms with Crippen LogP contribution < -0.4 is 0 Å². The lowest BCUT2D eigenvalue weighted by molar-refractivity contribution is 0.737. The summed E-state index contributed by atoms with van der Waals surface area (Å²) in [7, 11) is 0. The molecule has 4 bridgehead atoms. The van der Waals surface area contributed by atoms with Crippen molar-refractivity contribution in [1.82, 2.24) is 0 Å². The van der Waals surface area contributed by atoms with Crippen LogP contribution in [0.1, 0.15) is 12.8 Å². The molecule has 0 aromatic heterocycles. The molecule has 0 aliphatic carbocycles. The maximum atomic E-state index is 4.00. The predicted octanol–water partition coefficient (Wildman–Crippen LogP) is 7.36. The third-order valence-corrected chi connectivity index (χ3v) is 18.4. The number of halogens is 4. The van der Waals surface area contributed by atoms with Gasteiger partial charge in [-0.2, -0.15) is 0 Å². The lowest BCUT2D eigenvalue weighted by Crippen LogP contribution is -2.46. The fourth-order valence-electron chi connectivity index (χ4n) is 1.89. The summed E-state index contributed by atoms with van der Waals surface area (Å²) in [5.74, 6) is 0. The fraction of sp³-hybridized carbons (Fsp3) is 1.00. The predicted molar refractivity (Wildman–Crippen MR) is 116 cm³/mol. The van der Waals surface area contributed by atoms with Gasteiger partial charge < -0.3 is 0 Å². The number of rotatable bonds is 5. The molecule has 0 N–H and O–H groups in total. The van der Waals surface area contributed by atoms with Crippen molar-refractivity contribution in [3.8, 4) is 0 Å². The maximum Gasteiger partial charge on any atom is 0.168 e. The summed E-state index contributed by atoms with van der Waals surface area (Å²) in [6.07, 6.45) is 2.36. The first-order valence-corrected chi connectivity index (χ1v) is 14.6. The van der Waals surface area contributed by atoms with E-state index in [-0.39, 0.29) is 5.73 Å². The quantitative estimate of drug-likeness (QED) is 0.290. The Kier molecular flexibility index (Phi) is 6.66. The van der Waals surface area contributed by atoms with Crippen LogP contribution in [-0.2, 0) is 0 Å². The molecule has 0 nitrogen and oxygen atoms in total. The Bertz CT molecular complexity index is 344. The normalized spacial score (nSPS) is 47.4. The second kappa shape index (κ2) is 7.10. The van der Waals surface area contributed by atoms with Crippen molar-refractivity contribution in [2.75, 3.05) is 5.33 Å². The van der Waals surface area contributed by atoms with Crippen molar-refractivity contribution >= 4 is 134 Å². The lowest BCUT2D eigenvalue weighted by atomic mass is 10.2. The van der Waals surface area contributed by atoms with Crippen LogP contribution in [0.3, 0.4) is 0 Å². The zero-order valence-electron chi connectivity index (χ0n) is 9.39. The molecule has 0 spiro atoms. The van der Waals surface area contributed by atoms with Gasteiger partial charge in [-0.25, -0.2) is 0 Å². The summed E-state index contributed by atoms with van der Waals surface area (Å²) in [6.45, 7) is 0. The van der Waals surface area contributed by atoms with E-state index in [1.807, 2.05) is 0 Å². The third kappa shape index (κ3) is 3.99. The minimum absolute atomic E-state index is 0.174. The van der Waals surface area contributed by atoms with Gasteiger partial charge in [-0.05, 0) is 28.8 Å². The van der Waals surface area contributed by atoms with Gasteiger partial charge in [0, 0.05) is 15.0 Å². The number of thioether (sulfide) groups is 6. The highest BCUT2D eigenvalue weighted by Crippen LogP contribution is 2.84. The van der Waals surface area contributed by atoms with E-state index in [1.54, 1.807) is 0 Å². The van der Waals surface area contributed by atoms with Crippen molar-refractivity contribution in [1.29, 1.82) is 0 Å². The first-order chi connectivity index (χ1) is 8.95. The van der Waals surface area contributed by atoms with Gasteiger partial charge in [-0.15, -0.1) is 35.3 Å². The molecule has 0 amide bonds. The van der Waals surface area contributed by atoms with Crippen molar-refractivity contribution in [3.05, 3.63) is 0 Å². The van der Waals surface area contributed by atoms with E-state index in [4.69, 9.17) is 0 Å². The second-order valence-electron chi connectivity index (χ2n) is 4.15. The summed E-state index contributed by atoms with van der Waals surface area (Å²) in [4.78, 5) is 1.12. The molecule has 4 unspecified atom stereocenters. The molecule has 10 heteroatoms. The molecule has 4 saturated heterocycles. The van der Waals surface area contributed by atoms with Crippen LogP contribution in [0, 0.1) is 0 Å². The van der Waals surface area contributed by atoms with Crippen LogP contribution in [0.2, 0.25) is 0 Å². The van der Waals surface area contributed by atoms with Gasteiger partial charge >= 0.3 is 0 Å². The molecule has 4 rings (SSSR count). The molecule has 0 aromatic rings. The molecule has 4 aliphatic rings. The van der Waals surface area contributed by atoms with Gasteiger partial charge in [0.05, 0.1) is 0 Å². The minimum atomic E-state index is 0.174. The summed E-state index contributed by atoms with van der Waals surface area (Å²) in [5, 5.41) is 1.07. The van der Waals surface area contributed by atoms with Gasteiger partial charge in [-0.1, -0.05) is 83.1 Å². The van der Waals surface area contributed by atoms with E-state index in [0.29, 0.717) is 17.5 Å². The first kappa shape index (κ1) is 17.8. The average molecular weight is 630 g/mol. The number of hydrogen-bond donors (Lipinski definition) is 0. The standard InChI is InChI=1S/C9H10Br4S6/c10-2-1-4(11)3-5(12)8-15-6-14-7(16-8)18-9(13,17-6)19-8/h4-7H,1-3H2. The summed E-state index contributed by atoms with van der Waals surface area (Å²) in [5.41, 5.74) is 0. The SMILES string of the molecule is BrCCC(Br)CC(Br)C12SC3SC(SC(Br)(S3)S1)S2. The summed E-state index contributed by atoms with van der Waals surface area (Å²) < 4.78 is 1.79.